The summed E-state index contributed by atoms with van der Waals surface area (Å²) in [6, 6.07) is 14.3. The van der Waals surface area contributed by atoms with Crippen molar-refractivity contribution in [2.45, 2.75) is 19.7 Å². The highest BCUT2D eigenvalue weighted by atomic mass is 79.9. The van der Waals surface area contributed by atoms with Gasteiger partial charge in [-0.1, -0.05) is 51.8 Å². The molecule has 2 rings (SSSR count). The standard InChI is InChI=1S/C16H17BrClNO/c1-20-11-13-4-2-3-12(7-13)9-19-10-14-8-15(17)5-6-16(14)18/h2-8,19H,9-11H2,1H3. The molecule has 2 aromatic carbocycles. The molecule has 0 heterocycles. The number of rotatable bonds is 6. The van der Waals surface area contributed by atoms with E-state index in [0.29, 0.717) is 6.61 Å². The predicted octanol–water partition coefficient (Wildman–Crippen LogP) is 4.54. The Bertz CT molecular complexity index is 574. The SMILES string of the molecule is COCc1cccc(CNCc2cc(Br)ccc2Cl)c1. The quantitative estimate of drug-likeness (QED) is 0.822. The summed E-state index contributed by atoms with van der Waals surface area (Å²) in [6.45, 7) is 2.19. The van der Waals surface area contributed by atoms with Crippen molar-refractivity contribution in [3.63, 3.8) is 0 Å². The summed E-state index contributed by atoms with van der Waals surface area (Å²) in [7, 11) is 1.71. The fourth-order valence-corrected chi connectivity index (χ4v) is 2.61. The monoisotopic (exact) mass is 353 g/mol. The lowest BCUT2D eigenvalue weighted by atomic mass is 10.1. The van der Waals surface area contributed by atoms with Gasteiger partial charge in [-0.3, -0.25) is 0 Å². The van der Waals surface area contributed by atoms with E-state index in [1.54, 1.807) is 7.11 Å². The molecule has 0 aromatic heterocycles. The van der Waals surface area contributed by atoms with Crippen molar-refractivity contribution in [1.82, 2.24) is 5.32 Å². The number of halogens is 2. The second kappa shape index (κ2) is 7.79. The number of hydrogen-bond donors (Lipinski definition) is 1. The molecule has 2 nitrogen and oxygen atoms in total. The fraction of sp³-hybridized carbons (Fsp3) is 0.250. The Labute approximate surface area is 133 Å². The molecule has 20 heavy (non-hydrogen) atoms. The average molecular weight is 355 g/mol. The number of methoxy groups -OCH3 is 1. The Morgan fingerprint density at radius 2 is 1.90 bits per heavy atom. The molecule has 0 bridgehead atoms. The molecule has 0 fully saturated rings. The average Bonchev–Trinajstić information content (AvgIpc) is 2.43. The first-order chi connectivity index (χ1) is 9.69. The highest BCUT2D eigenvalue weighted by molar-refractivity contribution is 9.10. The van der Waals surface area contributed by atoms with Crippen LogP contribution in [-0.4, -0.2) is 7.11 Å². The van der Waals surface area contributed by atoms with Crippen LogP contribution in [0.2, 0.25) is 5.02 Å². The van der Waals surface area contributed by atoms with E-state index < -0.39 is 0 Å². The maximum absolute atomic E-state index is 6.17. The zero-order chi connectivity index (χ0) is 14.4. The Morgan fingerprint density at radius 3 is 2.70 bits per heavy atom. The van der Waals surface area contributed by atoms with Gasteiger partial charge in [0.2, 0.25) is 0 Å². The van der Waals surface area contributed by atoms with Gasteiger partial charge in [-0.25, -0.2) is 0 Å². The molecule has 2 aromatic rings. The third-order valence-corrected chi connectivity index (χ3v) is 3.82. The van der Waals surface area contributed by atoms with Gasteiger partial charge < -0.3 is 10.1 Å². The third kappa shape index (κ3) is 4.60. The molecule has 0 aliphatic heterocycles. The molecule has 0 unspecified atom stereocenters. The lowest BCUT2D eigenvalue weighted by Crippen LogP contribution is -2.13. The largest absolute Gasteiger partial charge is 0.380 e. The maximum Gasteiger partial charge on any atom is 0.0713 e. The Balaban J connectivity index is 1.92. The van der Waals surface area contributed by atoms with Gasteiger partial charge in [0, 0.05) is 29.7 Å². The Hall–Kier alpha value is -0.870. The summed E-state index contributed by atoms with van der Waals surface area (Å²) in [6.07, 6.45) is 0. The van der Waals surface area contributed by atoms with Crippen molar-refractivity contribution in [2.24, 2.45) is 0 Å². The van der Waals surface area contributed by atoms with Crippen LogP contribution in [0.1, 0.15) is 16.7 Å². The molecule has 0 aliphatic carbocycles. The smallest absolute Gasteiger partial charge is 0.0713 e. The van der Waals surface area contributed by atoms with E-state index in [2.05, 4.69) is 45.5 Å². The zero-order valence-corrected chi connectivity index (χ0v) is 13.7. The van der Waals surface area contributed by atoms with E-state index in [4.69, 9.17) is 16.3 Å². The van der Waals surface area contributed by atoms with E-state index >= 15 is 0 Å². The van der Waals surface area contributed by atoms with Crippen LogP contribution in [0.5, 0.6) is 0 Å². The van der Waals surface area contributed by atoms with Crippen molar-refractivity contribution in [3.8, 4) is 0 Å². The third-order valence-electron chi connectivity index (χ3n) is 2.95. The van der Waals surface area contributed by atoms with Crippen molar-refractivity contribution < 1.29 is 4.74 Å². The fourth-order valence-electron chi connectivity index (χ4n) is 2.02. The van der Waals surface area contributed by atoms with Gasteiger partial charge in [0.05, 0.1) is 6.61 Å². The van der Waals surface area contributed by atoms with Crippen molar-refractivity contribution >= 4 is 27.5 Å². The first-order valence-corrected chi connectivity index (χ1v) is 7.57. The maximum atomic E-state index is 6.17. The van der Waals surface area contributed by atoms with E-state index in [0.717, 1.165) is 28.1 Å². The van der Waals surface area contributed by atoms with Crippen molar-refractivity contribution in [3.05, 3.63) is 68.7 Å². The summed E-state index contributed by atoms with van der Waals surface area (Å²) >= 11 is 9.63. The second-order valence-electron chi connectivity index (χ2n) is 4.59. The number of nitrogens with one attached hydrogen (secondary N) is 1. The zero-order valence-electron chi connectivity index (χ0n) is 11.3. The lowest BCUT2D eigenvalue weighted by Gasteiger charge is -2.08. The van der Waals surface area contributed by atoms with Gasteiger partial charge in [0.25, 0.3) is 0 Å². The van der Waals surface area contributed by atoms with Crippen LogP contribution < -0.4 is 5.32 Å². The van der Waals surface area contributed by atoms with Gasteiger partial charge >= 0.3 is 0 Å². The van der Waals surface area contributed by atoms with Gasteiger partial charge in [-0.15, -0.1) is 0 Å². The first-order valence-electron chi connectivity index (χ1n) is 6.40. The van der Waals surface area contributed by atoms with Gasteiger partial charge in [-0.2, -0.15) is 0 Å². The molecular formula is C16H17BrClNO. The second-order valence-corrected chi connectivity index (χ2v) is 5.92. The minimum Gasteiger partial charge on any atom is -0.380 e. The summed E-state index contributed by atoms with van der Waals surface area (Å²) in [5.74, 6) is 0. The van der Waals surface area contributed by atoms with Gasteiger partial charge in [0.15, 0.2) is 0 Å². The highest BCUT2D eigenvalue weighted by Crippen LogP contribution is 2.20. The lowest BCUT2D eigenvalue weighted by molar-refractivity contribution is 0.185. The molecular weight excluding hydrogens is 338 g/mol. The van der Waals surface area contributed by atoms with E-state index in [-0.39, 0.29) is 0 Å². The van der Waals surface area contributed by atoms with E-state index in [1.807, 2.05) is 18.2 Å². The molecule has 0 atom stereocenters. The molecule has 0 spiro atoms. The van der Waals surface area contributed by atoms with Crippen LogP contribution >= 0.6 is 27.5 Å². The van der Waals surface area contributed by atoms with Gasteiger partial charge in [-0.05, 0) is 34.9 Å². The van der Waals surface area contributed by atoms with Crippen molar-refractivity contribution in [2.75, 3.05) is 7.11 Å². The molecule has 106 valence electrons. The summed E-state index contributed by atoms with van der Waals surface area (Å²) in [4.78, 5) is 0. The summed E-state index contributed by atoms with van der Waals surface area (Å²) in [5.41, 5.74) is 3.52. The van der Waals surface area contributed by atoms with Crippen molar-refractivity contribution in [1.29, 1.82) is 0 Å². The minimum atomic E-state index is 0.644. The van der Waals surface area contributed by atoms with Crippen LogP contribution in [0.3, 0.4) is 0 Å². The van der Waals surface area contributed by atoms with Crippen LogP contribution in [0.15, 0.2) is 46.9 Å². The Morgan fingerprint density at radius 1 is 1.10 bits per heavy atom. The van der Waals surface area contributed by atoms with Crippen LogP contribution in [0.25, 0.3) is 0 Å². The number of benzene rings is 2. The first kappa shape index (κ1) is 15.5. The summed E-state index contributed by atoms with van der Waals surface area (Å²) < 4.78 is 6.18. The van der Waals surface area contributed by atoms with Crippen LogP contribution in [-0.2, 0) is 24.4 Å². The van der Waals surface area contributed by atoms with Gasteiger partial charge in [0.1, 0.15) is 0 Å². The molecule has 0 amide bonds. The predicted molar refractivity (Wildman–Crippen MR) is 86.9 cm³/mol. The molecule has 0 saturated carbocycles. The normalized spacial score (nSPS) is 10.8. The molecule has 1 N–H and O–H groups in total. The van der Waals surface area contributed by atoms with Crippen LogP contribution in [0, 0.1) is 0 Å². The van der Waals surface area contributed by atoms with Crippen LogP contribution in [0.4, 0.5) is 0 Å². The number of ether oxygens (including phenoxy) is 1. The molecule has 0 aliphatic rings. The topological polar surface area (TPSA) is 21.3 Å². The van der Waals surface area contributed by atoms with E-state index in [1.165, 1.54) is 11.1 Å². The van der Waals surface area contributed by atoms with E-state index in [9.17, 15) is 0 Å². The molecule has 4 heteroatoms. The molecule has 0 saturated heterocycles. The Kier molecular flexibility index (Phi) is 6.05. The molecule has 0 radical (unpaired) electrons. The number of hydrogen-bond acceptors (Lipinski definition) is 2. The highest BCUT2D eigenvalue weighted by Gasteiger charge is 2.01. The minimum absolute atomic E-state index is 0.644. The summed E-state index contributed by atoms with van der Waals surface area (Å²) in [5, 5.41) is 4.20.